The summed E-state index contributed by atoms with van der Waals surface area (Å²) in [5.41, 5.74) is 0.845. The van der Waals surface area contributed by atoms with Gasteiger partial charge in [0, 0.05) is 0 Å². The van der Waals surface area contributed by atoms with Crippen molar-refractivity contribution in [1.29, 1.82) is 0 Å². The van der Waals surface area contributed by atoms with Crippen molar-refractivity contribution in [2.45, 2.75) is 26.0 Å². The van der Waals surface area contributed by atoms with Crippen LogP contribution in [0.2, 0.25) is 0 Å². The topological polar surface area (TPSA) is 81.7 Å². The van der Waals surface area contributed by atoms with E-state index < -0.39 is 30.0 Å². The lowest BCUT2D eigenvalue weighted by molar-refractivity contribution is -0.169. The summed E-state index contributed by atoms with van der Waals surface area (Å²) in [5, 5.41) is 2.40. The Labute approximate surface area is 116 Å². The number of rotatable bonds is 3. The van der Waals surface area contributed by atoms with E-state index in [-0.39, 0.29) is 13.0 Å². The molecule has 0 aliphatic carbocycles. The molecule has 0 radical (unpaired) electrons. The molecule has 0 aromatic heterocycles. The van der Waals surface area contributed by atoms with Crippen LogP contribution in [0.3, 0.4) is 0 Å². The lowest BCUT2D eigenvalue weighted by Gasteiger charge is -2.24. The van der Waals surface area contributed by atoms with Gasteiger partial charge in [0.05, 0.1) is 5.92 Å². The molecule has 2 atom stereocenters. The normalized spacial score (nSPS) is 22.1. The second kappa shape index (κ2) is 6.18. The summed E-state index contributed by atoms with van der Waals surface area (Å²) in [6, 6.07) is 8.34. The second-order valence-electron chi connectivity index (χ2n) is 4.64. The fourth-order valence-electron chi connectivity index (χ4n) is 1.84. The Kier molecular flexibility index (Phi) is 4.34. The van der Waals surface area contributed by atoms with Gasteiger partial charge in [0.1, 0.15) is 12.6 Å². The molecule has 1 fully saturated rings. The Hall–Kier alpha value is -2.37. The lowest BCUT2D eigenvalue weighted by Crippen LogP contribution is -2.48. The summed E-state index contributed by atoms with van der Waals surface area (Å²) in [5.74, 6) is -1.73. The largest absolute Gasteiger partial charge is 0.445 e. The molecule has 2 rings (SSSR count). The zero-order valence-corrected chi connectivity index (χ0v) is 11.0. The first-order valence-corrected chi connectivity index (χ1v) is 6.29. The summed E-state index contributed by atoms with van der Waals surface area (Å²) in [4.78, 5) is 34.2. The van der Waals surface area contributed by atoms with E-state index in [1.165, 1.54) is 0 Å². The van der Waals surface area contributed by atoms with E-state index in [2.05, 4.69) is 10.1 Å². The van der Waals surface area contributed by atoms with Crippen LogP contribution in [0, 0.1) is 5.92 Å². The molecule has 6 heteroatoms. The molecule has 1 aromatic rings. The molecule has 1 aromatic carbocycles. The summed E-state index contributed by atoms with van der Waals surface area (Å²) in [6.07, 6.45) is -0.490. The minimum absolute atomic E-state index is 0.114. The van der Waals surface area contributed by atoms with Crippen LogP contribution >= 0.6 is 0 Å². The van der Waals surface area contributed by atoms with Gasteiger partial charge >= 0.3 is 18.0 Å². The van der Waals surface area contributed by atoms with Crippen LogP contribution in [0.4, 0.5) is 4.79 Å². The third-order valence-corrected chi connectivity index (χ3v) is 2.98. The Balaban J connectivity index is 1.82. The molecule has 1 N–H and O–H groups in total. The highest BCUT2D eigenvalue weighted by atomic mass is 16.6. The number of cyclic esters (lactones) is 2. The summed E-state index contributed by atoms with van der Waals surface area (Å²) in [6.45, 7) is 1.75. The average molecular weight is 277 g/mol. The molecule has 1 aliphatic rings. The molecule has 1 amide bonds. The molecule has 1 heterocycles. The zero-order chi connectivity index (χ0) is 14.5. The molecule has 0 spiro atoms. The predicted octanol–water partition coefficient (Wildman–Crippen LogP) is 1.39. The fourth-order valence-corrected chi connectivity index (χ4v) is 1.84. The first-order valence-electron chi connectivity index (χ1n) is 6.29. The van der Waals surface area contributed by atoms with Gasteiger partial charge in [-0.05, 0) is 12.0 Å². The van der Waals surface area contributed by atoms with Gasteiger partial charge in [-0.25, -0.2) is 9.59 Å². The summed E-state index contributed by atoms with van der Waals surface area (Å²) in [7, 11) is 0. The SMILES string of the molecule is CC1CC(NC(=O)OCc2ccccc2)C(=O)OC1=O. The first-order chi connectivity index (χ1) is 9.56. The standard InChI is InChI=1S/C14H15NO5/c1-9-7-11(13(17)20-12(9)16)15-14(18)19-8-10-5-3-2-4-6-10/h2-6,9,11H,7-8H2,1H3,(H,15,18). The third kappa shape index (κ3) is 3.57. The van der Waals surface area contributed by atoms with E-state index in [1.54, 1.807) is 6.92 Å². The predicted molar refractivity (Wildman–Crippen MR) is 68.4 cm³/mol. The molecule has 20 heavy (non-hydrogen) atoms. The van der Waals surface area contributed by atoms with Crippen LogP contribution in [-0.4, -0.2) is 24.1 Å². The Morgan fingerprint density at radius 3 is 2.70 bits per heavy atom. The second-order valence-corrected chi connectivity index (χ2v) is 4.64. The van der Waals surface area contributed by atoms with Crippen LogP contribution in [0.1, 0.15) is 18.9 Å². The monoisotopic (exact) mass is 277 g/mol. The van der Waals surface area contributed by atoms with E-state index in [9.17, 15) is 14.4 Å². The van der Waals surface area contributed by atoms with Gasteiger partial charge in [-0.2, -0.15) is 0 Å². The summed E-state index contributed by atoms with van der Waals surface area (Å²) < 4.78 is 9.53. The number of carbonyl (C=O) groups excluding carboxylic acids is 3. The fraction of sp³-hybridized carbons (Fsp3) is 0.357. The lowest BCUT2D eigenvalue weighted by atomic mass is 9.99. The van der Waals surface area contributed by atoms with E-state index >= 15 is 0 Å². The van der Waals surface area contributed by atoms with Gasteiger partial charge in [0.25, 0.3) is 0 Å². The van der Waals surface area contributed by atoms with Crippen molar-refractivity contribution < 1.29 is 23.9 Å². The van der Waals surface area contributed by atoms with Crippen LogP contribution in [0.5, 0.6) is 0 Å². The number of hydrogen-bond acceptors (Lipinski definition) is 5. The molecule has 1 aliphatic heterocycles. The maximum atomic E-state index is 11.6. The van der Waals surface area contributed by atoms with Crippen molar-refractivity contribution in [2.75, 3.05) is 0 Å². The molecule has 1 saturated heterocycles. The van der Waals surface area contributed by atoms with Gasteiger partial charge in [-0.3, -0.25) is 4.79 Å². The van der Waals surface area contributed by atoms with Crippen molar-refractivity contribution in [1.82, 2.24) is 5.32 Å². The van der Waals surface area contributed by atoms with Crippen LogP contribution in [-0.2, 0) is 25.7 Å². The van der Waals surface area contributed by atoms with Gasteiger partial charge < -0.3 is 14.8 Å². The third-order valence-electron chi connectivity index (χ3n) is 2.98. The minimum Gasteiger partial charge on any atom is -0.445 e. The van der Waals surface area contributed by atoms with Crippen molar-refractivity contribution in [3.63, 3.8) is 0 Å². The molecule has 2 unspecified atom stereocenters. The van der Waals surface area contributed by atoms with Gasteiger partial charge in [0.15, 0.2) is 0 Å². The quantitative estimate of drug-likeness (QED) is 0.667. The van der Waals surface area contributed by atoms with Gasteiger partial charge in [-0.1, -0.05) is 37.3 Å². The van der Waals surface area contributed by atoms with Crippen molar-refractivity contribution in [3.8, 4) is 0 Å². The molecule has 0 bridgehead atoms. The highest BCUT2D eigenvalue weighted by Crippen LogP contribution is 2.16. The number of hydrogen-bond donors (Lipinski definition) is 1. The Morgan fingerprint density at radius 2 is 2.00 bits per heavy atom. The van der Waals surface area contributed by atoms with E-state index in [0.29, 0.717) is 0 Å². The van der Waals surface area contributed by atoms with Gasteiger partial charge in [-0.15, -0.1) is 0 Å². The maximum Gasteiger partial charge on any atom is 0.408 e. The number of esters is 2. The number of ether oxygens (including phenoxy) is 2. The number of alkyl carbamates (subject to hydrolysis) is 1. The number of nitrogens with one attached hydrogen (secondary N) is 1. The zero-order valence-electron chi connectivity index (χ0n) is 11.0. The van der Waals surface area contributed by atoms with Crippen LogP contribution < -0.4 is 5.32 Å². The van der Waals surface area contributed by atoms with E-state index in [0.717, 1.165) is 5.56 Å². The minimum atomic E-state index is -0.842. The number of amides is 1. The number of carbonyl (C=O) groups is 3. The van der Waals surface area contributed by atoms with Crippen molar-refractivity contribution in [2.24, 2.45) is 5.92 Å². The van der Waals surface area contributed by atoms with E-state index in [4.69, 9.17) is 4.74 Å². The molecule has 106 valence electrons. The van der Waals surface area contributed by atoms with Crippen LogP contribution in [0.15, 0.2) is 30.3 Å². The molecule has 6 nitrogen and oxygen atoms in total. The highest BCUT2D eigenvalue weighted by molar-refractivity contribution is 5.93. The smallest absolute Gasteiger partial charge is 0.408 e. The van der Waals surface area contributed by atoms with Crippen molar-refractivity contribution in [3.05, 3.63) is 35.9 Å². The summed E-state index contributed by atoms with van der Waals surface area (Å²) >= 11 is 0. The Bertz CT molecular complexity index is 514. The molecule has 0 saturated carbocycles. The van der Waals surface area contributed by atoms with E-state index in [1.807, 2.05) is 30.3 Å². The maximum absolute atomic E-state index is 11.6. The first kappa shape index (κ1) is 14.0. The average Bonchev–Trinajstić information content (AvgIpc) is 2.44. The Morgan fingerprint density at radius 1 is 1.30 bits per heavy atom. The highest BCUT2D eigenvalue weighted by Gasteiger charge is 2.35. The van der Waals surface area contributed by atoms with Gasteiger partial charge in [0.2, 0.25) is 0 Å². The van der Waals surface area contributed by atoms with Crippen LogP contribution in [0.25, 0.3) is 0 Å². The molecular formula is C14H15NO5. The van der Waals surface area contributed by atoms with Crippen molar-refractivity contribution >= 4 is 18.0 Å². The molecular weight excluding hydrogens is 262 g/mol. The number of benzene rings is 1.